The molecule has 1 aliphatic heterocycles. The Morgan fingerprint density at radius 3 is 2.30 bits per heavy atom. The van der Waals surface area contributed by atoms with Crippen LogP contribution >= 0.6 is 11.8 Å². The van der Waals surface area contributed by atoms with E-state index < -0.39 is 11.2 Å². The van der Waals surface area contributed by atoms with E-state index in [-0.39, 0.29) is 24.8 Å². The van der Waals surface area contributed by atoms with Gasteiger partial charge in [0.1, 0.15) is 16.7 Å². The Morgan fingerprint density at radius 1 is 0.977 bits per heavy atom. The lowest BCUT2D eigenvalue weighted by Gasteiger charge is -2.32. The monoisotopic (exact) mass is 609 g/mol. The highest BCUT2D eigenvalue weighted by Gasteiger charge is 2.36. The number of aliphatic imine (C=N–C) groups is 1. The van der Waals surface area contributed by atoms with Gasteiger partial charge in [0, 0.05) is 25.1 Å². The highest BCUT2D eigenvalue weighted by atomic mass is 32.2. The van der Waals surface area contributed by atoms with Crippen molar-refractivity contribution in [2.75, 3.05) is 33.3 Å². The van der Waals surface area contributed by atoms with Crippen LogP contribution in [0.3, 0.4) is 0 Å². The zero-order valence-electron chi connectivity index (χ0n) is 24.7. The summed E-state index contributed by atoms with van der Waals surface area (Å²) in [6.45, 7) is 3.75. The fourth-order valence-corrected chi connectivity index (χ4v) is 5.08. The first-order valence-corrected chi connectivity index (χ1v) is 14.2. The number of carboxylic acid groups (broad SMARTS) is 1. The SMILES string of the molecule is CC(=O)O.CCOc1cccc(NC(=O)C2CC(=O)N(Cc3ccc(OC)c(OC)c3)C(=Nc3ccc(OC)cc3)S2)c1. The molecule has 0 spiro atoms. The number of rotatable bonds is 10. The number of hydrogen-bond acceptors (Lipinski definition) is 9. The quantitative estimate of drug-likeness (QED) is 0.311. The minimum Gasteiger partial charge on any atom is -0.497 e. The number of amides is 2. The number of methoxy groups -OCH3 is 3. The normalized spacial score (nSPS) is 15.2. The molecule has 3 aromatic carbocycles. The van der Waals surface area contributed by atoms with E-state index in [9.17, 15) is 9.59 Å². The van der Waals surface area contributed by atoms with Gasteiger partial charge in [-0.15, -0.1) is 0 Å². The van der Waals surface area contributed by atoms with Crippen molar-refractivity contribution in [2.24, 2.45) is 4.99 Å². The minimum absolute atomic E-state index is 0.0244. The first-order valence-electron chi connectivity index (χ1n) is 13.3. The Bertz CT molecular complexity index is 1440. The molecule has 1 fully saturated rings. The van der Waals surface area contributed by atoms with E-state index in [0.717, 1.165) is 12.5 Å². The summed E-state index contributed by atoms with van der Waals surface area (Å²) < 4.78 is 21.5. The molecule has 228 valence electrons. The summed E-state index contributed by atoms with van der Waals surface area (Å²) in [5.41, 5.74) is 2.06. The molecular formula is C31H35N3O8S. The maximum atomic E-state index is 13.4. The average molecular weight is 610 g/mol. The van der Waals surface area contributed by atoms with Crippen LogP contribution in [-0.4, -0.2) is 66.1 Å². The summed E-state index contributed by atoms with van der Waals surface area (Å²) in [5.74, 6) is 1.19. The van der Waals surface area contributed by atoms with E-state index in [1.54, 1.807) is 74.8 Å². The van der Waals surface area contributed by atoms with Crippen molar-refractivity contribution in [3.05, 3.63) is 72.3 Å². The Balaban J connectivity index is 0.00000119. The van der Waals surface area contributed by atoms with Gasteiger partial charge < -0.3 is 29.4 Å². The molecule has 2 amide bonds. The molecule has 0 aromatic heterocycles. The number of amidine groups is 1. The van der Waals surface area contributed by atoms with Gasteiger partial charge in [0.2, 0.25) is 11.8 Å². The fourth-order valence-electron chi connectivity index (χ4n) is 3.98. The van der Waals surface area contributed by atoms with Crippen LogP contribution in [-0.2, 0) is 20.9 Å². The molecule has 0 bridgehead atoms. The molecular weight excluding hydrogens is 574 g/mol. The zero-order chi connectivity index (χ0) is 31.4. The van der Waals surface area contributed by atoms with Crippen molar-refractivity contribution in [2.45, 2.75) is 32.1 Å². The van der Waals surface area contributed by atoms with Crippen molar-refractivity contribution in [3.63, 3.8) is 0 Å². The van der Waals surface area contributed by atoms with Crippen molar-refractivity contribution < 1.29 is 38.4 Å². The van der Waals surface area contributed by atoms with Crippen LogP contribution in [0.4, 0.5) is 11.4 Å². The number of anilines is 1. The number of benzene rings is 3. The largest absolute Gasteiger partial charge is 0.497 e. The number of carbonyl (C=O) groups is 3. The molecule has 1 saturated heterocycles. The highest BCUT2D eigenvalue weighted by Crippen LogP contribution is 2.33. The van der Waals surface area contributed by atoms with Crippen LogP contribution < -0.4 is 24.3 Å². The van der Waals surface area contributed by atoms with Gasteiger partial charge in [0.05, 0.1) is 40.2 Å². The van der Waals surface area contributed by atoms with Gasteiger partial charge in [-0.2, -0.15) is 0 Å². The molecule has 0 radical (unpaired) electrons. The third kappa shape index (κ3) is 9.67. The standard InChI is InChI=1S/C29H31N3O6S.C2H4O2/c1-5-38-23-8-6-7-21(16-23)30-28(34)26-17-27(33)32(18-19-9-14-24(36-3)25(15-19)37-4)29(39-26)31-20-10-12-22(35-2)13-11-20;1-2(3)4/h6-16,26H,5,17-18H2,1-4H3,(H,30,34);1H3,(H,3,4). The van der Waals surface area contributed by atoms with Crippen molar-refractivity contribution in [1.82, 2.24) is 4.90 Å². The molecule has 1 aliphatic rings. The van der Waals surface area contributed by atoms with Gasteiger partial charge in [0.25, 0.3) is 5.97 Å². The molecule has 1 unspecified atom stereocenters. The van der Waals surface area contributed by atoms with Crippen LogP contribution in [0.15, 0.2) is 71.7 Å². The highest BCUT2D eigenvalue weighted by molar-refractivity contribution is 8.15. The van der Waals surface area contributed by atoms with Crippen LogP contribution in [0, 0.1) is 0 Å². The summed E-state index contributed by atoms with van der Waals surface area (Å²) in [6, 6.07) is 19.8. The Kier molecular flexibility index (Phi) is 12.3. The summed E-state index contributed by atoms with van der Waals surface area (Å²) in [4.78, 5) is 42.0. The second-order valence-electron chi connectivity index (χ2n) is 9.04. The number of nitrogens with one attached hydrogen (secondary N) is 1. The third-order valence-corrected chi connectivity index (χ3v) is 7.12. The predicted molar refractivity (Wildman–Crippen MR) is 166 cm³/mol. The first-order chi connectivity index (χ1) is 20.7. The number of aliphatic carboxylic acids is 1. The molecule has 0 aliphatic carbocycles. The number of carboxylic acids is 1. The van der Waals surface area contributed by atoms with Crippen molar-refractivity contribution in [1.29, 1.82) is 0 Å². The maximum Gasteiger partial charge on any atom is 0.300 e. The van der Waals surface area contributed by atoms with E-state index >= 15 is 0 Å². The lowest BCUT2D eigenvalue weighted by molar-refractivity contribution is -0.134. The van der Waals surface area contributed by atoms with Gasteiger partial charge in [-0.25, -0.2) is 4.99 Å². The topological polar surface area (TPSA) is 136 Å². The third-order valence-electron chi connectivity index (χ3n) is 5.93. The number of thioether (sulfide) groups is 1. The molecule has 2 N–H and O–H groups in total. The summed E-state index contributed by atoms with van der Waals surface area (Å²) in [5, 5.41) is 10.1. The lowest BCUT2D eigenvalue weighted by atomic mass is 10.1. The van der Waals surface area contributed by atoms with E-state index in [4.69, 9.17) is 33.8 Å². The van der Waals surface area contributed by atoms with Gasteiger partial charge >= 0.3 is 0 Å². The number of carbonyl (C=O) groups excluding carboxylic acids is 2. The number of ether oxygens (including phenoxy) is 4. The van der Waals surface area contributed by atoms with E-state index in [0.29, 0.717) is 46.1 Å². The van der Waals surface area contributed by atoms with Crippen LogP contribution in [0.1, 0.15) is 25.8 Å². The van der Waals surface area contributed by atoms with E-state index in [1.807, 2.05) is 25.1 Å². The van der Waals surface area contributed by atoms with Crippen molar-refractivity contribution >= 4 is 46.1 Å². The first kappa shape index (κ1) is 32.8. The van der Waals surface area contributed by atoms with Gasteiger partial charge in [-0.1, -0.05) is 23.9 Å². The van der Waals surface area contributed by atoms with E-state index in [2.05, 4.69) is 5.32 Å². The number of nitrogens with zero attached hydrogens (tertiary/aromatic N) is 2. The van der Waals surface area contributed by atoms with E-state index in [1.165, 1.54) is 11.8 Å². The van der Waals surface area contributed by atoms with Gasteiger partial charge in [-0.05, 0) is 61.0 Å². The molecule has 1 atom stereocenters. The zero-order valence-corrected chi connectivity index (χ0v) is 25.5. The maximum absolute atomic E-state index is 13.4. The molecule has 12 heteroatoms. The summed E-state index contributed by atoms with van der Waals surface area (Å²) >= 11 is 1.25. The molecule has 11 nitrogen and oxygen atoms in total. The summed E-state index contributed by atoms with van der Waals surface area (Å²) in [7, 11) is 4.72. The van der Waals surface area contributed by atoms with Crippen LogP contribution in [0.25, 0.3) is 0 Å². The molecule has 4 rings (SSSR count). The Hall–Kier alpha value is -4.71. The smallest absolute Gasteiger partial charge is 0.300 e. The second-order valence-corrected chi connectivity index (χ2v) is 10.2. The Morgan fingerprint density at radius 2 is 1.67 bits per heavy atom. The molecule has 3 aromatic rings. The predicted octanol–water partition coefficient (Wildman–Crippen LogP) is 5.36. The number of hydrogen-bond donors (Lipinski definition) is 2. The summed E-state index contributed by atoms with van der Waals surface area (Å²) in [6.07, 6.45) is 0.0244. The van der Waals surface area contributed by atoms with Crippen LogP contribution in [0.2, 0.25) is 0 Å². The average Bonchev–Trinajstić information content (AvgIpc) is 2.99. The fraction of sp³-hybridized carbons (Fsp3) is 0.290. The van der Waals surface area contributed by atoms with Gasteiger partial charge in [-0.3, -0.25) is 19.3 Å². The molecule has 1 heterocycles. The minimum atomic E-state index is -0.833. The molecule has 43 heavy (non-hydrogen) atoms. The second kappa shape index (κ2) is 16.1. The molecule has 0 saturated carbocycles. The van der Waals surface area contributed by atoms with Crippen LogP contribution in [0.5, 0.6) is 23.0 Å². The van der Waals surface area contributed by atoms with Gasteiger partial charge in [0.15, 0.2) is 16.7 Å². The van der Waals surface area contributed by atoms with Crippen molar-refractivity contribution in [3.8, 4) is 23.0 Å². The lowest BCUT2D eigenvalue weighted by Crippen LogP contribution is -2.44. The Labute approximate surface area is 254 Å².